The lowest BCUT2D eigenvalue weighted by atomic mass is 9.71. The molecule has 118 valence electrons. The van der Waals surface area contributed by atoms with Crippen LogP contribution in [-0.4, -0.2) is 12.1 Å². The molecule has 1 nitrogen and oxygen atoms in total. The number of halogens is 1. The Morgan fingerprint density at radius 3 is 2.62 bits per heavy atom. The van der Waals surface area contributed by atoms with Gasteiger partial charge in [-0.05, 0) is 76.5 Å². The number of hydrogen-bond donors (Lipinski definition) is 1. The van der Waals surface area contributed by atoms with Gasteiger partial charge in [0.15, 0.2) is 0 Å². The van der Waals surface area contributed by atoms with Crippen molar-refractivity contribution in [2.24, 2.45) is 11.8 Å². The standard InChI is InChI=1S/C19H30FN/c1-13-6-8-15(12-21-19(3,4)5)16(10-13)17-11-14(2)7-9-18(17)20/h7,9,11,13,15-16,21H,6,8,10,12H2,1-5H3. The van der Waals surface area contributed by atoms with Gasteiger partial charge in [-0.1, -0.05) is 31.0 Å². The maximum atomic E-state index is 14.3. The van der Waals surface area contributed by atoms with E-state index in [0.717, 1.165) is 24.1 Å². The van der Waals surface area contributed by atoms with Crippen LogP contribution in [0.25, 0.3) is 0 Å². The van der Waals surface area contributed by atoms with E-state index in [-0.39, 0.29) is 11.4 Å². The van der Waals surface area contributed by atoms with Crippen molar-refractivity contribution in [2.75, 3.05) is 6.54 Å². The van der Waals surface area contributed by atoms with Crippen LogP contribution in [0.1, 0.15) is 64.0 Å². The first-order chi connectivity index (χ1) is 9.76. The molecular formula is C19H30FN. The van der Waals surface area contributed by atoms with E-state index >= 15 is 0 Å². The lowest BCUT2D eigenvalue weighted by Crippen LogP contribution is -2.41. The fourth-order valence-corrected chi connectivity index (χ4v) is 3.45. The molecule has 0 saturated heterocycles. The van der Waals surface area contributed by atoms with Crippen LogP contribution < -0.4 is 5.32 Å². The van der Waals surface area contributed by atoms with Crippen molar-refractivity contribution in [1.82, 2.24) is 5.32 Å². The van der Waals surface area contributed by atoms with Crippen LogP contribution in [0.3, 0.4) is 0 Å². The Labute approximate surface area is 129 Å². The summed E-state index contributed by atoms with van der Waals surface area (Å²) in [6.07, 6.45) is 3.57. The smallest absolute Gasteiger partial charge is 0.126 e. The van der Waals surface area contributed by atoms with E-state index in [4.69, 9.17) is 0 Å². The van der Waals surface area contributed by atoms with Gasteiger partial charge in [0, 0.05) is 5.54 Å². The molecule has 1 saturated carbocycles. The monoisotopic (exact) mass is 291 g/mol. The Kier molecular flexibility index (Phi) is 5.08. The molecule has 3 atom stereocenters. The topological polar surface area (TPSA) is 12.0 Å². The van der Waals surface area contributed by atoms with Gasteiger partial charge in [-0.25, -0.2) is 4.39 Å². The second kappa shape index (κ2) is 6.48. The molecule has 1 aliphatic rings. The van der Waals surface area contributed by atoms with Crippen molar-refractivity contribution in [1.29, 1.82) is 0 Å². The number of benzene rings is 1. The highest BCUT2D eigenvalue weighted by Crippen LogP contribution is 2.41. The number of aryl methyl sites for hydroxylation is 1. The lowest BCUT2D eigenvalue weighted by molar-refractivity contribution is 0.223. The van der Waals surface area contributed by atoms with Gasteiger partial charge in [-0.15, -0.1) is 0 Å². The summed E-state index contributed by atoms with van der Waals surface area (Å²) in [5.74, 6) is 1.56. The van der Waals surface area contributed by atoms with Crippen LogP contribution in [0.4, 0.5) is 4.39 Å². The van der Waals surface area contributed by atoms with Crippen molar-refractivity contribution >= 4 is 0 Å². The van der Waals surface area contributed by atoms with E-state index in [1.54, 1.807) is 6.07 Å². The fourth-order valence-electron chi connectivity index (χ4n) is 3.45. The van der Waals surface area contributed by atoms with Crippen LogP contribution in [0, 0.1) is 24.6 Å². The summed E-state index contributed by atoms with van der Waals surface area (Å²) in [7, 11) is 0. The third kappa shape index (κ3) is 4.54. The average molecular weight is 291 g/mol. The van der Waals surface area contributed by atoms with Gasteiger partial charge >= 0.3 is 0 Å². The molecular weight excluding hydrogens is 261 g/mol. The minimum absolute atomic E-state index is 0.0274. The van der Waals surface area contributed by atoms with E-state index in [9.17, 15) is 4.39 Å². The van der Waals surface area contributed by atoms with Gasteiger partial charge < -0.3 is 5.32 Å². The Bertz CT molecular complexity index is 475. The zero-order valence-electron chi connectivity index (χ0n) is 14.2. The van der Waals surface area contributed by atoms with E-state index in [2.05, 4.69) is 46.0 Å². The third-order valence-electron chi connectivity index (χ3n) is 4.70. The molecule has 1 fully saturated rings. The summed E-state index contributed by atoms with van der Waals surface area (Å²) in [6, 6.07) is 5.56. The summed E-state index contributed by atoms with van der Waals surface area (Å²) < 4.78 is 14.3. The third-order valence-corrected chi connectivity index (χ3v) is 4.70. The van der Waals surface area contributed by atoms with Gasteiger partial charge in [0.2, 0.25) is 0 Å². The van der Waals surface area contributed by atoms with Crippen molar-refractivity contribution in [2.45, 2.75) is 65.3 Å². The number of rotatable bonds is 3. The van der Waals surface area contributed by atoms with Crippen molar-refractivity contribution in [3.63, 3.8) is 0 Å². The molecule has 1 aliphatic carbocycles. The van der Waals surface area contributed by atoms with Crippen LogP contribution >= 0.6 is 0 Å². The average Bonchev–Trinajstić information content (AvgIpc) is 2.39. The molecule has 0 aliphatic heterocycles. The molecule has 0 radical (unpaired) electrons. The second-order valence-corrected chi connectivity index (χ2v) is 7.94. The largest absolute Gasteiger partial charge is 0.312 e. The Morgan fingerprint density at radius 1 is 1.24 bits per heavy atom. The first-order valence-electron chi connectivity index (χ1n) is 8.27. The van der Waals surface area contributed by atoms with E-state index in [1.165, 1.54) is 12.8 Å². The summed E-state index contributed by atoms with van der Waals surface area (Å²) in [5, 5.41) is 3.62. The van der Waals surface area contributed by atoms with E-state index in [1.807, 2.05) is 6.07 Å². The molecule has 21 heavy (non-hydrogen) atoms. The summed E-state index contributed by atoms with van der Waals surface area (Å²) >= 11 is 0. The maximum Gasteiger partial charge on any atom is 0.126 e. The highest BCUT2D eigenvalue weighted by Gasteiger charge is 2.32. The van der Waals surface area contributed by atoms with E-state index in [0.29, 0.717) is 17.8 Å². The Balaban J connectivity index is 2.20. The Hall–Kier alpha value is -0.890. The minimum atomic E-state index is -0.0274. The summed E-state index contributed by atoms with van der Waals surface area (Å²) in [5.41, 5.74) is 2.22. The molecule has 1 aromatic carbocycles. The van der Waals surface area contributed by atoms with Crippen molar-refractivity contribution in [3.8, 4) is 0 Å². The normalized spacial score (nSPS) is 26.9. The Morgan fingerprint density at radius 2 is 1.95 bits per heavy atom. The van der Waals surface area contributed by atoms with Crippen LogP contribution in [0.2, 0.25) is 0 Å². The van der Waals surface area contributed by atoms with Crippen LogP contribution in [0.15, 0.2) is 18.2 Å². The predicted molar refractivity (Wildman–Crippen MR) is 88.1 cm³/mol. The molecule has 0 aromatic heterocycles. The summed E-state index contributed by atoms with van der Waals surface area (Å²) in [4.78, 5) is 0. The van der Waals surface area contributed by atoms with Crippen molar-refractivity contribution < 1.29 is 4.39 Å². The zero-order valence-corrected chi connectivity index (χ0v) is 14.2. The molecule has 0 spiro atoms. The van der Waals surface area contributed by atoms with Gasteiger partial charge in [-0.3, -0.25) is 0 Å². The fraction of sp³-hybridized carbons (Fsp3) is 0.684. The second-order valence-electron chi connectivity index (χ2n) is 7.94. The number of hydrogen-bond acceptors (Lipinski definition) is 1. The lowest BCUT2D eigenvalue weighted by Gasteiger charge is -2.37. The SMILES string of the molecule is Cc1ccc(F)c(C2CC(C)CCC2CNC(C)(C)C)c1. The maximum absolute atomic E-state index is 14.3. The molecule has 0 heterocycles. The molecule has 0 bridgehead atoms. The quantitative estimate of drug-likeness (QED) is 0.822. The molecule has 2 rings (SSSR count). The molecule has 1 N–H and O–H groups in total. The molecule has 1 aromatic rings. The highest BCUT2D eigenvalue weighted by atomic mass is 19.1. The van der Waals surface area contributed by atoms with Crippen LogP contribution in [0.5, 0.6) is 0 Å². The van der Waals surface area contributed by atoms with Gasteiger partial charge in [0.05, 0.1) is 0 Å². The van der Waals surface area contributed by atoms with Gasteiger partial charge in [0.1, 0.15) is 5.82 Å². The number of nitrogens with one attached hydrogen (secondary N) is 1. The predicted octanol–water partition coefficient (Wildman–Crippen LogP) is 5.04. The van der Waals surface area contributed by atoms with Gasteiger partial charge in [0.25, 0.3) is 0 Å². The molecule has 3 unspecified atom stereocenters. The zero-order chi connectivity index (χ0) is 15.6. The minimum Gasteiger partial charge on any atom is -0.312 e. The van der Waals surface area contributed by atoms with E-state index < -0.39 is 0 Å². The summed E-state index contributed by atoms with van der Waals surface area (Å²) in [6.45, 7) is 11.9. The highest BCUT2D eigenvalue weighted by molar-refractivity contribution is 5.28. The molecule has 2 heteroatoms. The first kappa shape index (κ1) is 16.5. The van der Waals surface area contributed by atoms with Gasteiger partial charge in [-0.2, -0.15) is 0 Å². The first-order valence-corrected chi connectivity index (χ1v) is 8.27. The van der Waals surface area contributed by atoms with Crippen molar-refractivity contribution in [3.05, 3.63) is 35.1 Å². The molecule has 0 amide bonds. The van der Waals surface area contributed by atoms with Crippen LogP contribution in [-0.2, 0) is 0 Å².